The molecule has 0 aromatic rings. The summed E-state index contributed by atoms with van der Waals surface area (Å²) in [5, 5.41) is 0. The maximum atomic E-state index is 0. The Bertz CT molecular complexity index is 5.51. The molecule has 24 valence electrons. The van der Waals surface area contributed by atoms with Crippen LogP contribution in [0.3, 0.4) is 0 Å². The van der Waals surface area contributed by atoms with Crippen molar-refractivity contribution in [2.45, 2.75) is 0 Å². The molecule has 6 heavy (non-hydrogen) atoms. The molecule has 0 aliphatic heterocycles. The summed E-state index contributed by atoms with van der Waals surface area (Å²) in [6, 6.07) is 0. The van der Waals surface area contributed by atoms with E-state index in [4.69, 9.17) is 0 Å². The van der Waals surface area contributed by atoms with Crippen LogP contribution >= 0.6 is 0 Å². The Morgan fingerprint density at radius 3 is 0.333 bits per heavy atom. The van der Waals surface area contributed by atoms with Crippen LogP contribution in [0.15, 0.2) is 0 Å². The number of rotatable bonds is 0. The fourth-order valence-corrected chi connectivity index (χ4v) is 0. The molecule has 0 unspecified atom stereocenters. The van der Waals surface area contributed by atoms with Crippen molar-refractivity contribution >= 4 is 109 Å². The third kappa shape index (κ3) is 25.5. The van der Waals surface area contributed by atoms with Gasteiger partial charge in [-0.3, -0.25) is 0 Å². The van der Waals surface area contributed by atoms with Gasteiger partial charge in [0.1, 0.15) is 0 Å². The Balaban J connectivity index is 0. The summed E-state index contributed by atoms with van der Waals surface area (Å²) in [5.74, 6) is 0. The molecule has 0 heterocycles. The Morgan fingerprint density at radius 2 is 0.333 bits per heavy atom. The summed E-state index contributed by atoms with van der Waals surface area (Å²) < 4.78 is 0. The summed E-state index contributed by atoms with van der Waals surface area (Å²) in [7, 11) is 0. The first-order chi connectivity index (χ1) is 0. The molecule has 0 bridgehead atoms. The van der Waals surface area contributed by atoms with Crippen molar-refractivity contribution in [1.29, 1.82) is 0 Å². The molecule has 0 spiro atoms. The van der Waals surface area contributed by atoms with E-state index >= 15 is 0 Å². The van der Waals surface area contributed by atoms with Crippen molar-refractivity contribution < 1.29 is 11.0 Å². The molecular formula is O2Tl4. The maximum Gasteiger partial charge on any atom is 1.00 e. The minimum atomic E-state index is 0. The fraction of sp³-hybridized carbons (Fsp3) is 0. The molecule has 0 rings (SSSR count). The van der Waals surface area contributed by atoms with Gasteiger partial charge in [-0.25, -0.2) is 0 Å². The van der Waals surface area contributed by atoms with E-state index in [-0.39, 0.29) is 120 Å². The molecule has 0 aromatic heterocycles. The number of hydrogen-bond acceptors (Lipinski definition) is 0. The van der Waals surface area contributed by atoms with Crippen LogP contribution in [0.25, 0.3) is 0 Å². The van der Waals surface area contributed by atoms with Crippen LogP contribution in [0.2, 0.25) is 0 Å². The van der Waals surface area contributed by atoms with E-state index in [1.807, 2.05) is 0 Å². The van der Waals surface area contributed by atoms with E-state index in [0.717, 1.165) is 0 Å². The van der Waals surface area contributed by atoms with Crippen molar-refractivity contribution in [1.82, 2.24) is 0 Å². The molecule has 0 amide bonds. The molecule has 0 aliphatic carbocycles. The van der Waals surface area contributed by atoms with Gasteiger partial charge in [0.15, 0.2) is 0 Å². The van der Waals surface area contributed by atoms with Gasteiger partial charge in [0.05, 0.1) is 0 Å². The normalized spacial score (nSPS) is 0. The van der Waals surface area contributed by atoms with Crippen LogP contribution < -0.4 is 0 Å². The Labute approximate surface area is 117 Å². The topological polar surface area (TPSA) is 57.0 Å². The van der Waals surface area contributed by atoms with Crippen LogP contribution in [0.1, 0.15) is 0 Å². The smallest absolute Gasteiger partial charge is 1.00 e. The summed E-state index contributed by atoms with van der Waals surface area (Å²) >= 11 is 0. The van der Waals surface area contributed by atoms with Crippen LogP contribution in [0.4, 0.5) is 0 Å². The Morgan fingerprint density at radius 1 is 0.333 bits per heavy atom. The molecule has 0 saturated carbocycles. The predicted octanol–water partition coefficient (Wildman–Crippen LogP) is -1.76. The first-order valence-electron chi connectivity index (χ1n) is 0. The van der Waals surface area contributed by atoms with Crippen LogP contribution in [0.5, 0.6) is 0 Å². The van der Waals surface area contributed by atoms with Crippen molar-refractivity contribution in [2.24, 2.45) is 0 Å². The summed E-state index contributed by atoms with van der Waals surface area (Å²) in [6.45, 7) is 0. The van der Waals surface area contributed by atoms with Gasteiger partial charge in [-0.15, -0.1) is 0 Å². The van der Waals surface area contributed by atoms with Crippen molar-refractivity contribution in [2.75, 3.05) is 0 Å². The summed E-state index contributed by atoms with van der Waals surface area (Å²) in [4.78, 5) is 0. The molecule has 0 aromatic carbocycles. The Hall–Kier alpha value is 3.61. The van der Waals surface area contributed by atoms with Gasteiger partial charge in [0.2, 0.25) is 0 Å². The van der Waals surface area contributed by atoms with E-state index in [1.54, 1.807) is 0 Å². The summed E-state index contributed by atoms with van der Waals surface area (Å²) in [6.07, 6.45) is 0. The van der Waals surface area contributed by atoms with E-state index in [1.165, 1.54) is 0 Å². The standard InChI is InChI=1S/2O.4Tl/q2*-2;4*+1. The third-order valence-electron chi connectivity index (χ3n) is 0. The molecule has 0 saturated heterocycles. The second-order valence-electron chi connectivity index (χ2n) is 0. The minimum absolute atomic E-state index is 0. The molecule has 0 atom stereocenters. The molecule has 0 fully saturated rings. The second kappa shape index (κ2) is 38.3. The first-order valence-corrected chi connectivity index (χ1v) is 0. The zero-order chi connectivity index (χ0) is 0. The molecule has 0 N–H and O–H groups in total. The van der Waals surface area contributed by atoms with Crippen molar-refractivity contribution in [3.05, 3.63) is 0 Å². The second-order valence-corrected chi connectivity index (χ2v) is 0. The van der Waals surface area contributed by atoms with Gasteiger partial charge in [0.25, 0.3) is 0 Å². The zero-order valence-corrected chi connectivity index (χ0v) is 21.1. The first kappa shape index (κ1) is 54.7. The van der Waals surface area contributed by atoms with E-state index in [2.05, 4.69) is 0 Å². The van der Waals surface area contributed by atoms with Crippen LogP contribution in [-0.4, -0.2) is 109 Å². The average molecular weight is 850 g/mol. The summed E-state index contributed by atoms with van der Waals surface area (Å²) in [5.41, 5.74) is 0. The Kier molecular flexibility index (Phi) is 349. The zero-order valence-electron chi connectivity index (χ0n) is 3.13. The van der Waals surface area contributed by atoms with E-state index in [0.29, 0.717) is 0 Å². The monoisotopic (exact) mass is 852 g/mol. The van der Waals surface area contributed by atoms with Crippen molar-refractivity contribution in [3.8, 4) is 0 Å². The van der Waals surface area contributed by atoms with Crippen LogP contribution in [0, 0.1) is 0 Å². The van der Waals surface area contributed by atoms with Gasteiger partial charge in [-0.1, -0.05) is 0 Å². The van der Waals surface area contributed by atoms with E-state index < -0.39 is 0 Å². The molecule has 2 nitrogen and oxygen atoms in total. The van der Waals surface area contributed by atoms with Crippen molar-refractivity contribution in [3.63, 3.8) is 0 Å². The van der Waals surface area contributed by atoms with Gasteiger partial charge in [-0.2, -0.15) is 0 Å². The van der Waals surface area contributed by atoms with Gasteiger partial charge >= 0.3 is 109 Å². The van der Waals surface area contributed by atoms with Gasteiger partial charge < -0.3 is 11.0 Å². The SMILES string of the molecule is [O-2].[O-2].[Tl+].[Tl+].[Tl+].[Tl+]. The average Bonchev–Trinajstić information content (AvgIpc) is 0. The van der Waals surface area contributed by atoms with E-state index in [9.17, 15) is 0 Å². The van der Waals surface area contributed by atoms with Gasteiger partial charge in [-0.05, 0) is 0 Å². The number of hydrogen-bond donors (Lipinski definition) is 0. The maximum absolute atomic E-state index is 0. The molecule has 0 aliphatic rings. The van der Waals surface area contributed by atoms with Crippen LogP contribution in [-0.2, 0) is 11.0 Å². The molecule has 6 heteroatoms. The largest absolute Gasteiger partial charge is 2.00 e. The molecule has 0 radical (unpaired) electrons. The fourth-order valence-electron chi connectivity index (χ4n) is 0. The minimum Gasteiger partial charge on any atom is -2.00 e. The van der Waals surface area contributed by atoms with Gasteiger partial charge in [0, 0.05) is 0 Å². The third-order valence-corrected chi connectivity index (χ3v) is 0. The molecular weight excluding hydrogens is 850 g/mol. The predicted molar refractivity (Wildman–Crippen MR) is 24.4 cm³/mol. The quantitative estimate of drug-likeness (QED) is 0.260.